The van der Waals surface area contributed by atoms with E-state index in [1.165, 1.54) is 0 Å². The second kappa shape index (κ2) is 6.99. The van der Waals surface area contributed by atoms with E-state index in [2.05, 4.69) is 5.32 Å². The summed E-state index contributed by atoms with van der Waals surface area (Å²) in [5.41, 5.74) is 0.925. The molecule has 1 N–H and O–H groups in total. The topological polar surface area (TPSA) is 62.6 Å². The Bertz CT molecular complexity index is 534. The van der Waals surface area contributed by atoms with Gasteiger partial charge in [0.2, 0.25) is 5.91 Å². The van der Waals surface area contributed by atoms with Gasteiger partial charge in [0.05, 0.1) is 6.26 Å². The van der Waals surface area contributed by atoms with Crippen molar-refractivity contribution in [1.29, 1.82) is 0 Å². The van der Waals surface area contributed by atoms with Crippen LogP contribution in [0.2, 0.25) is 0 Å². The molecule has 1 aromatic heterocycles. The van der Waals surface area contributed by atoms with Crippen LogP contribution in [0.1, 0.15) is 61.6 Å². The van der Waals surface area contributed by atoms with E-state index in [1.54, 1.807) is 25.3 Å². The van der Waals surface area contributed by atoms with E-state index in [0.717, 1.165) is 24.8 Å². The van der Waals surface area contributed by atoms with E-state index >= 15 is 0 Å². The summed E-state index contributed by atoms with van der Waals surface area (Å²) in [5.74, 6) is 0.636. The number of furan rings is 1. The van der Waals surface area contributed by atoms with E-state index in [9.17, 15) is 9.59 Å². The maximum Gasteiger partial charge on any atom is 0.287 e. The first-order valence-electron chi connectivity index (χ1n) is 7.99. The molecule has 2 rings (SSSR count). The summed E-state index contributed by atoms with van der Waals surface area (Å²) >= 11 is 0. The molecule has 0 radical (unpaired) electrons. The lowest BCUT2D eigenvalue weighted by molar-refractivity contribution is -0.134. The van der Waals surface area contributed by atoms with Gasteiger partial charge in [-0.3, -0.25) is 9.59 Å². The lowest BCUT2D eigenvalue weighted by Crippen LogP contribution is -2.42. The van der Waals surface area contributed by atoms with Crippen LogP contribution in [0.4, 0.5) is 0 Å². The van der Waals surface area contributed by atoms with Crippen LogP contribution in [-0.4, -0.2) is 36.9 Å². The van der Waals surface area contributed by atoms with Crippen molar-refractivity contribution in [2.24, 2.45) is 5.92 Å². The van der Waals surface area contributed by atoms with Crippen LogP contribution in [0.5, 0.6) is 0 Å². The normalized spacial score (nSPS) is 21.7. The van der Waals surface area contributed by atoms with E-state index in [0.29, 0.717) is 12.2 Å². The van der Waals surface area contributed by atoms with Crippen molar-refractivity contribution < 1.29 is 14.0 Å². The zero-order valence-corrected chi connectivity index (χ0v) is 13.9. The minimum atomic E-state index is -0.170. The molecule has 2 atom stereocenters. The zero-order chi connectivity index (χ0) is 16.3. The molecule has 1 aliphatic carbocycles. The molecule has 22 heavy (non-hydrogen) atoms. The molecular weight excluding hydrogens is 280 g/mol. The summed E-state index contributed by atoms with van der Waals surface area (Å²) in [6.45, 7) is 4.07. The zero-order valence-electron chi connectivity index (χ0n) is 13.9. The molecule has 1 aliphatic rings. The smallest absolute Gasteiger partial charge is 0.287 e. The van der Waals surface area contributed by atoms with E-state index in [1.807, 2.05) is 19.9 Å². The van der Waals surface area contributed by atoms with Gasteiger partial charge in [0, 0.05) is 31.6 Å². The van der Waals surface area contributed by atoms with Gasteiger partial charge in [-0.25, -0.2) is 0 Å². The van der Waals surface area contributed by atoms with Gasteiger partial charge in [0.15, 0.2) is 5.76 Å². The molecule has 1 saturated carbocycles. The van der Waals surface area contributed by atoms with Crippen molar-refractivity contribution in [3.05, 3.63) is 23.7 Å². The number of carbonyl (C=O) groups is 2. The number of nitrogens with zero attached hydrogens (tertiary/aromatic N) is 1. The third kappa shape index (κ3) is 3.70. The van der Waals surface area contributed by atoms with Crippen molar-refractivity contribution in [2.45, 2.75) is 51.5 Å². The summed E-state index contributed by atoms with van der Waals surface area (Å²) in [4.78, 5) is 26.1. The minimum Gasteiger partial charge on any atom is -0.459 e. The van der Waals surface area contributed by atoms with Gasteiger partial charge < -0.3 is 14.6 Å². The van der Waals surface area contributed by atoms with Crippen molar-refractivity contribution in [3.63, 3.8) is 0 Å². The van der Waals surface area contributed by atoms with Crippen molar-refractivity contribution in [1.82, 2.24) is 10.2 Å². The first-order chi connectivity index (χ1) is 10.4. The Morgan fingerprint density at radius 3 is 2.68 bits per heavy atom. The minimum absolute atomic E-state index is 0.00946. The van der Waals surface area contributed by atoms with E-state index in [4.69, 9.17) is 4.42 Å². The van der Waals surface area contributed by atoms with Gasteiger partial charge in [-0.2, -0.15) is 0 Å². The highest BCUT2D eigenvalue weighted by atomic mass is 16.3. The number of rotatable bonds is 4. The lowest BCUT2D eigenvalue weighted by Gasteiger charge is -2.30. The van der Waals surface area contributed by atoms with Gasteiger partial charge in [-0.1, -0.05) is 20.3 Å². The molecule has 0 spiro atoms. The van der Waals surface area contributed by atoms with Crippen molar-refractivity contribution in [3.8, 4) is 0 Å². The number of hydrogen-bond donors (Lipinski definition) is 1. The Labute approximate surface area is 132 Å². The number of amides is 2. The number of carbonyl (C=O) groups excluding carboxylic acids is 2. The Morgan fingerprint density at radius 2 is 2.05 bits per heavy atom. The average Bonchev–Trinajstić information content (AvgIpc) is 2.96. The predicted octanol–water partition coefficient (Wildman–Crippen LogP) is 2.78. The molecule has 5 nitrogen and oxygen atoms in total. The molecule has 0 aromatic carbocycles. The monoisotopic (exact) mass is 306 g/mol. The summed E-state index contributed by atoms with van der Waals surface area (Å²) < 4.78 is 5.35. The van der Waals surface area contributed by atoms with Crippen molar-refractivity contribution >= 4 is 11.8 Å². The average molecular weight is 306 g/mol. The second-order valence-electron chi connectivity index (χ2n) is 6.63. The maximum atomic E-state index is 12.4. The van der Waals surface area contributed by atoms with Crippen LogP contribution in [0, 0.1) is 5.92 Å². The largest absolute Gasteiger partial charge is 0.459 e. The summed E-state index contributed by atoms with van der Waals surface area (Å²) in [7, 11) is 3.56. The number of nitrogens with one attached hydrogen (secondary N) is 1. The predicted molar refractivity (Wildman–Crippen MR) is 84.7 cm³/mol. The number of hydrogen-bond acceptors (Lipinski definition) is 3. The van der Waals surface area contributed by atoms with Crippen LogP contribution in [0.15, 0.2) is 16.7 Å². The highest BCUT2D eigenvalue weighted by molar-refractivity contribution is 5.93. The molecule has 2 amide bonds. The van der Waals surface area contributed by atoms with Crippen LogP contribution < -0.4 is 5.32 Å². The molecular formula is C17H26N2O3. The molecule has 5 heteroatoms. The highest BCUT2D eigenvalue weighted by Gasteiger charge is 2.30. The summed E-state index contributed by atoms with van der Waals surface area (Å²) in [5, 5.41) is 3.04. The van der Waals surface area contributed by atoms with Gasteiger partial charge in [-0.05, 0) is 31.2 Å². The summed E-state index contributed by atoms with van der Waals surface area (Å²) in [6, 6.07) is 1.89. The Hall–Kier alpha value is -1.78. The van der Waals surface area contributed by atoms with Gasteiger partial charge in [0.1, 0.15) is 0 Å². The van der Waals surface area contributed by atoms with Gasteiger partial charge in [-0.15, -0.1) is 0 Å². The first kappa shape index (κ1) is 16.6. The second-order valence-corrected chi connectivity index (χ2v) is 6.63. The van der Waals surface area contributed by atoms with Crippen LogP contribution >= 0.6 is 0 Å². The van der Waals surface area contributed by atoms with E-state index < -0.39 is 0 Å². The molecule has 122 valence electrons. The SMILES string of the molecule is CC(C)c1ccoc1C(=O)N[C@H]1CCC[C@@H](C(=O)N(C)C)C1. The molecule has 0 unspecified atom stereocenters. The highest BCUT2D eigenvalue weighted by Crippen LogP contribution is 2.26. The fourth-order valence-electron chi connectivity index (χ4n) is 3.12. The fourth-order valence-corrected chi connectivity index (χ4v) is 3.12. The molecule has 1 aromatic rings. The van der Waals surface area contributed by atoms with Gasteiger partial charge >= 0.3 is 0 Å². The fraction of sp³-hybridized carbons (Fsp3) is 0.647. The quantitative estimate of drug-likeness (QED) is 0.930. The van der Waals surface area contributed by atoms with Crippen LogP contribution in [0.3, 0.4) is 0 Å². The lowest BCUT2D eigenvalue weighted by atomic mass is 9.84. The van der Waals surface area contributed by atoms with E-state index in [-0.39, 0.29) is 29.7 Å². The summed E-state index contributed by atoms with van der Waals surface area (Å²) in [6.07, 6.45) is 5.05. The van der Waals surface area contributed by atoms with Crippen LogP contribution in [-0.2, 0) is 4.79 Å². The molecule has 0 saturated heterocycles. The Kier molecular flexibility index (Phi) is 5.27. The molecule has 0 aliphatic heterocycles. The third-order valence-electron chi connectivity index (χ3n) is 4.32. The first-order valence-corrected chi connectivity index (χ1v) is 7.99. The molecule has 1 heterocycles. The van der Waals surface area contributed by atoms with Gasteiger partial charge in [0.25, 0.3) is 5.91 Å². The molecule has 0 bridgehead atoms. The maximum absolute atomic E-state index is 12.4. The Morgan fingerprint density at radius 1 is 1.32 bits per heavy atom. The van der Waals surface area contributed by atoms with Crippen LogP contribution in [0.25, 0.3) is 0 Å². The standard InChI is InChI=1S/C17H26N2O3/c1-11(2)14-8-9-22-15(14)16(20)18-13-7-5-6-12(10-13)17(21)19(3)4/h8-9,11-13H,5-7,10H2,1-4H3,(H,18,20)/t12-,13+/m1/s1. The molecule has 1 fully saturated rings. The Balaban J connectivity index is 1.99. The van der Waals surface area contributed by atoms with Crippen molar-refractivity contribution in [2.75, 3.05) is 14.1 Å². The third-order valence-corrected chi connectivity index (χ3v) is 4.32.